The molecule has 3 unspecified atom stereocenters. The van der Waals surface area contributed by atoms with Crippen LogP contribution in [0.2, 0.25) is 0 Å². The van der Waals surface area contributed by atoms with Gasteiger partial charge in [0.15, 0.2) is 0 Å². The first kappa shape index (κ1) is 11.9. The molecule has 0 aliphatic heterocycles. The van der Waals surface area contributed by atoms with Crippen LogP contribution in [0.4, 0.5) is 0 Å². The van der Waals surface area contributed by atoms with Gasteiger partial charge in [0.1, 0.15) is 9.92 Å². The third-order valence-corrected chi connectivity index (χ3v) is 5.02. The first-order valence-corrected chi connectivity index (χ1v) is 6.53. The Hall–Kier alpha value is -0.130. The molecular weight excluding hydrogens is 200 g/mol. The summed E-state index contributed by atoms with van der Waals surface area (Å²) in [5.74, 6) is 0. The van der Waals surface area contributed by atoms with E-state index in [2.05, 4.69) is 4.72 Å². The van der Waals surface area contributed by atoms with Crippen LogP contribution in [0.5, 0.6) is 0 Å². The third kappa shape index (κ3) is 2.46. The summed E-state index contributed by atoms with van der Waals surface area (Å²) in [6, 6.07) is -0.167. The first-order valence-electron chi connectivity index (χ1n) is 4.98. The highest BCUT2D eigenvalue weighted by Gasteiger charge is 2.32. The predicted molar refractivity (Wildman–Crippen MR) is 57.4 cm³/mol. The maximum atomic E-state index is 12.0. The Kier molecular flexibility index (Phi) is 3.23. The van der Waals surface area contributed by atoms with Crippen LogP contribution in [-0.4, -0.2) is 26.2 Å². The van der Waals surface area contributed by atoms with Crippen molar-refractivity contribution < 1.29 is 9.32 Å². The second-order valence-electron chi connectivity index (χ2n) is 4.89. The van der Waals surface area contributed by atoms with E-state index >= 15 is 0 Å². The molecule has 0 aromatic heterocycles. The van der Waals surface area contributed by atoms with Crippen LogP contribution in [0.15, 0.2) is 0 Å². The molecule has 0 heterocycles. The Morgan fingerprint density at radius 1 is 1.43 bits per heavy atom. The van der Waals surface area contributed by atoms with Crippen molar-refractivity contribution in [3.63, 3.8) is 0 Å². The number of nitrogens with one attached hydrogen (secondary N) is 2. The summed E-state index contributed by atoms with van der Waals surface area (Å²) in [6.45, 7) is 5.32. The molecule has 84 valence electrons. The fraction of sp³-hybridized carbons (Fsp3) is 1.00. The second kappa shape index (κ2) is 3.79. The SMILES string of the molecule is CC(C)(C)S(=N)(=O)NC1CCCC1O. The molecule has 4 nitrogen and oxygen atoms in total. The van der Waals surface area contributed by atoms with Gasteiger partial charge in [0, 0.05) is 6.04 Å². The maximum absolute atomic E-state index is 12.0. The van der Waals surface area contributed by atoms with Crippen LogP contribution in [-0.2, 0) is 9.92 Å². The molecule has 0 saturated heterocycles. The zero-order valence-electron chi connectivity index (χ0n) is 9.04. The minimum absolute atomic E-state index is 0.167. The zero-order valence-corrected chi connectivity index (χ0v) is 9.86. The smallest absolute Gasteiger partial charge is 0.110 e. The van der Waals surface area contributed by atoms with E-state index in [1.807, 2.05) is 0 Å². The van der Waals surface area contributed by atoms with Crippen LogP contribution >= 0.6 is 0 Å². The van der Waals surface area contributed by atoms with Gasteiger partial charge in [-0.25, -0.2) is 13.7 Å². The fourth-order valence-corrected chi connectivity index (χ4v) is 2.52. The minimum Gasteiger partial charge on any atom is -0.391 e. The van der Waals surface area contributed by atoms with E-state index in [9.17, 15) is 9.32 Å². The standard InChI is InChI=1S/C9H20N2O2S/c1-9(2,3)14(10,13)11-7-5-4-6-8(7)12/h7-8,12H,4-6H2,1-3H3,(H2,10,11,13). The van der Waals surface area contributed by atoms with Gasteiger partial charge in [0.05, 0.1) is 10.9 Å². The number of rotatable bonds is 2. The van der Waals surface area contributed by atoms with Gasteiger partial charge >= 0.3 is 0 Å². The largest absolute Gasteiger partial charge is 0.391 e. The fourth-order valence-electron chi connectivity index (χ4n) is 1.47. The van der Waals surface area contributed by atoms with Gasteiger partial charge in [-0.3, -0.25) is 0 Å². The molecule has 0 aromatic rings. The van der Waals surface area contributed by atoms with Crippen LogP contribution in [0, 0.1) is 4.78 Å². The van der Waals surface area contributed by atoms with Crippen molar-refractivity contribution in [2.24, 2.45) is 0 Å². The number of hydrogen-bond donors (Lipinski definition) is 3. The molecular formula is C9H20N2O2S. The molecule has 14 heavy (non-hydrogen) atoms. The molecule has 1 aliphatic carbocycles. The number of hydrogen-bond acceptors (Lipinski definition) is 3. The summed E-state index contributed by atoms with van der Waals surface area (Å²) in [7, 11) is -2.82. The molecule has 0 aromatic carbocycles. The Balaban J connectivity index is 2.69. The van der Waals surface area contributed by atoms with Crippen molar-refractivity contribution in [2.45, 2.75) is 56.9 Å². The lowest BCUT2D eigenvalue weighted by atomic mass is 10.2. The van der Waals surface area contributed by atoms with E-state index < -0.39 is 20.8 Å². The number of aliphatic hydroxyl groups is 1. The Morgan fingerprint density at radius 2 is 2.00 bits per heavy atom. The van der Waals surface area contributed by atoms with E-state index in [-0.39, 0.29) is 6.04 Å². The van der Waals surface area contributed by atoms with E-state index in [1.165, 1.54) is 0 Å². The average Bonchev–Trinajstić information content (AvgIpc) is 2.33. The molecule has 1 fully saturated rings. The molecule has 5 heteroatoms. The summed E-state index contributed by atoms with van der Waals surface area (Å²) >= 11 is 0. The summed E-state index contributed by atoms with van der Waals surface area (Å²) in [5, 5.41) is 9.55. The Labute approximate surface area is 86.2 Å². The first-order chi connectivity index (χ1) is 6.24. The van der Waals surface area contributed by atoms with Crippen LogP contribution < -0.4 is 4.72 Å². The Morgan fingerprint density at radius 3 is 2.36 bits per heavy atom. The normalized spacial score (nSPS) is 32.9. The van der Waals surface area contributed by atoms with Crippen molar-refractivity contribution in [1.29, 1.82) is 4.78 Å². The van der Waals surface area contributed by atoms with Gasteiger partial charge in [0.2, 0.25) is 0 Å². The van der Waals surface area contributed by atoms with Gasteiger partial charge in [-0.05, 0) is 40.0 Å². The van der Waals surface area contributed by atoms with Gasteiger partial charge in [-0.2, -0.15) is 0 Å². The predicted octanol–water partition coefficient (Wildman–Crippen LogP) is 1.25. The van der Waals surface area contributed by atoms with Crippen molar-refractivity contribution >= 4 is 9.92 Å². The van der Waals surface area contributed by atoms with E-state index in [4.69, 9.17) is 4.78 Å². The lowest BCUT2D eigenvalue weighted by Gasteiger charge is -2.27. The molecule has 1 aliphatic rings. The summed E-state index contributed by atoms with van der Waals surface area (Å²) in [4.78, 5) is 0. The van der Waals surface area contributed by atoms with Crippen molar-refractivity contribution in [1.82, 2.24) is 4.72 Å². The summed E-state index contributed by atoms with van der Waals surface area (Å²) in [5.41, 5.74) is 0. The van der Waals surface area contributed by atoms with E-state index in [1.54, 1.807) is 20.8 Å². The molecule has 0 radical (unpaired) electrons. The third-order valence-electron chi connectivity index (χ3n) is 2.66. The van der Waals surface area contributed by atoms with E-state index in [0.717, 1.165) is 19.3 Å². The molecule has 3 N–H and O–H groups in total. The highest BCUT2D eigenvalue weighted by Crippen LogP contribution is 2.22. The lowest BCUT2D eigenvalue weighted by Crippen LogP contribution is -2.46. The maximum Gasteiger partial charge on any atom is 0.110 e. The van der Waals surface area contributed by atoms with Crippen LogP contribution in [0.25, 0.3) is 0 Å². The summed E-state index contributed by atoms with van der Waals surface area (Å²) in [6.07, 6.45) is 2.06. The van der Waals surface area contributed by atoms with Crippen molar-refractivity contribution in [3.05, 3.63) is 0 Å². The van der Waals surface area contributed by atoms with Crippen LogP contribution in [0.1, 0.15) is 40.0 Å². The number of aliphatic hydroxyl groups excluding tert-OH is 1. The average molecular weight is 220 g/mol. The van der Waals surface area contributed by atoms with Gasteiger partial charge in [0.25, 0.3) is 0 Å². The van der Waals surface area contributed by atoms with Crippen LogP contribution in [0.3, 0.4) is 0 Å². The van der Waals surface area contributed by atoms with Gasteiger partial charge < -0.3 is 5.11 Å². The highest BCUT2D eigenvalue weighted by atomic mass is 32.2. The van der Waals surface area contributed by atoms with Crippen molar-refractivity contribution in [2.75, 3.05) is 0 Å². The zero-order chi connectivity index (χ0) is 11.0. The molecule has 0 bridgehead atoms. The molecule has 1 rings (SSSR count). The second-order valence-corrected chi connectivity index (χ2v) is 7.46. The molecule has 0 spiro atoms. The lowest BCUT2D eigenvalue weighted by molar-refractivity contribution is 0.159. The minimum atomic E-state index is -2.82. The highest BCUT2D eigenvalue weighted by molar-refractivity contribution is 7.91. The molecule has 3 atom stereocenters. The van der Waals surface area contributed by atoms with E-state index in [0.29, 0.717) is 0 Å². The topological polar surface area (TPSA) is 73.2 Å². The van der Waals surface area contributed by atoms with Crippen molar-refractivity contribution in [3.8, 4) is 0 Å². The summed E-state index contributed by atoms with van der Waals surface area (Å²) < 4.78 is 21.9. The quantitative estimate of drug-likeness (QED) is 0.655. The molecule has 0 amide bonds. The Bertz CT molecular complexity index is 292. The van der Waals surface area contributed by atoms with Gasteiger partial charge in [-0.1, -0.05) is 0 Å². The monoisotopic (exact) mass is 220 g/mol. The van der Waals surface area contributed by atoms with Gasteiger partial charge in [-0.15, -0.1) is 0 Å². The molecule has 1 saturated carbocycles.